The summed E-state index contributed by atoms with van der Waals surface area (Å²) in [6.07, 6.45) is -1.08. The van der Waals surface area contributed by atoms with Gasteiger partial charge in [0.25, 0.3) is 11.8 Å². The quantitative estimate of drug-likeness (QED) is 0.612. The highest BCUT2D eigenvalue weighted by Gasteiger charge is 2.19. The predicted molar refractivity (Wildman–Crippen MR) is 111 cm³/mol. The van der Waals surface area contributed by atoms with Crippen molar-refractivity contribution in [3.05, 3.63) is 58.1 Å². The van der Waals surface area contributed by atoms with E-state index < -0.39 is 23.9 Å². The molecule has 0 aromatic heterocycles. The van der Waals surface area contributed by atoms with Crippen LogP contribution < -0.4 is 15.4 Å². The Morgan fingerprint density at radius 1 is 1.03 bits per heavy atom. The normalized spacial score (nSPS) is 11.3. The van der Waals surface area contributed by atoms with Crippen LogP contribution in [0.5, 0.6) is 5.75 Å². The average Bonchev–Trinajstić information content (AvgIpc) is 2.66. The number of esters is 1. The molecule has 0 radical (unpaired) electrons. The Bertz CT molecular complexity index is 867. The molecule has 0 spiro atoms. The number of nitrogens with one attached hydrogen (secondary N) is 2. The molecule has 2 amide bonds. The van der Waals surface area contributed by atoms with E-state index in [-0.39, 0.29) is 6.54 Å². The van der Waals surface area contributed by atoms with Crippen molar-refractivity contribution in [3.63, 3.8) is 0 Å². The molecule has 29 heavy (non-hydrogen) atoms. The molecule has 0 heterocycles. The van der Waals surface area contributed by atoms with E-state index in [1.54, 1.807) is 24.3 Å². The molecule has 1 atom stereocenters. The van der Waals surface area contributed by atoms with Crippen LogP contribution in [0.3, 0.4) is 0 Å². The van der Waals surface area contributed by atoms with E-state index in [0.717, 1.165) is 0 Å². The molecule has 9 heteroatoms. The van der Waals surface area contributed by atoms with Gasteiger partial charge in [-0.3, -0.25) is 14.4 Å². The molecule has 0 aliphatic rings. The van der Waals surface area contributed by atoms with Crippen molar-refractivity contribution in [3.8, 4) is 5.75 Å². The molecular weight excluding hydrogens is 419 g/mol. The van der Waals surface area contributed by atoms with Gasteiger partial charge in [-0.25, -0.2) is 0 Å². The Hall–Kier alpha value is -2.77. The number of rotatable bonds is 8. The number of anilines is 1. The van der Waals surface area contributed by atoms with Crippen molar-refractivity contribution in [1.82, 2.24) is 5.32 Å². The topological polar surface area (TPSA) is 93.7 Å². The minimum atomic E-state index is -1.08. The minimum Gasteiger partial charge on any atom is -0.494 e. The first kappa shape index (κ1) is 22.5. The predicted octanol–water partition coefficient (Wildman–Crippen LogP) is 3.69. The first-order valence-corrected chi connectivity index (χ1v) is 9.51. The summed E-state index contributed by atoms with van der Waals surface area (Å²) in [6, 6.07) is 11.0. The lowest BCUT2D eigenvalue weighted by molar-refractivity contribution is -0.152. The van der Waals surface area contributed by atoms with Crippen LogP contribution in [0.1, 0.15) is 24.2 Å². The van der Waals surface area contributed by atoms with Crippen molar-refractivity contribution in [2.45, 2.75) is 20.0 Å². The summed E-state index contributed by atoms with van der Waals surface area (Å²) in [4.78, 5) is 36.1. The van der Waals surface area contributed by atoms with Crippen molar-refractivity contribution in [2.75, 3.05) is 18.5 Å². The maximum atomic E-state index is 12.1. The largest absolute Gasteiger partial charge is 0.494 e. The minimum absolute atomic E-state index is 0.356. The Kier molecular flexibility index (Phi) is 8.30. The number of hydrogen-bond acceptors (Lipinski definition) is 5. The zero-order chi connectivity index (χ0) is 21.4. The summed E-state index contributed by atoms with van der Waals surface area (Å²) in [5, 5.41) is 5.70. The standard InChI is InChI=1S/C20H20Cl2N2O5/c1-3-28-17-6-4-13(5-7-17)20(27)23-11-18(25)29-12(2)19(26)24-16-9-14(21)8-15(22)10-16/h4-10,12H,3,11H2,1-2H3,(H,23,27)(H,24,26)/t12-/m0/s1. The van der Waals surface area contributed by atoms with Crippen molar-refractivity contribution < 1.29 is 23.9 Å². The molecule has 0 saturated heterocycles. The fourth-order valence-corrected chi connectivity index (χ4v) is 2.81. The number of carbonyl (C=O) groups excluding carboxylic acids is 3. The van der Waals surface area contributed by atoms with Gasteiger partial charge in [0.1, 0.15) is 12.3 Å². The van der Waals surface area contributed by atoms with Crippen LogP contribution in [-0.2, 0) is 14.3 Å². The summed E-state index contributed by atoms with van der Waals surface area (Å²) in [5.74, 6) is -1.12. The van der Waals surface area contributed by atoms with Gasteiger partial charge in [0.2, 0.25) is 0 Å². The summed E-state index contributed by atoms with van der Waals surface area (Å²) in [5.41, 5.74) is 0.740. The monoisotopic (exact) mass is 438 g/mol. The highest BCUT2D eigenvalue weighted by atomic mass is 35.5. The Labute approximate surface area is 178 Å². The SMILES string of the molecule is CCOc1ccc(C(=O)NCC(=O)O[C@@H](C)C(=O)Nc2cc(Cl)cc(Cl)c2)cc1. The van der Waals surface area contributed by atoms with Crippen LogP contribution in [0.4, 0.5) is 5.69 Å². The van der Waals surface area contributed by atoms with Crippen LogP contribution >= 0.6 is 23.2 Å². The highest BCUT2D eigenvalue weighted by molar-refractivity contribution is 6.35. The molecule has 154 valence electrons. The maximum absolute atomic E-state index is 12.1. The van der Waals surface area contributed by atoms with Crippen molar-refractivity contribution in [1.29, 1.82) is 0 Å². The van der Waals surface area contributed by atoms with E-state index in [1.165, 1.54) is 25.1 Å². The van der Waals surface area contributed by atoms with E-state index in [2.05, 4.69) is 10.6 Å². The number of benzene rings is 2. The average molecular weight is 439 g/mol. The van der Waals surface area contributed by atoms with Gasteiger partial charge in [-0.1, -0.05) is 23.2 Å². The molecule has 7 nitrogen and oxygen atoms in total. The molecule has 0 fully saturated rings. The van der Waals surface area contributed by atoms with Gasteiger partial charge >= 0.3 is 5.97 Å². The molecule has 2 aromatic rings. The van der Waals surface area contributed by atoms with E-state index >= 15 is 0 Å². The number of amides is 2. The first-order chi connectivity index (χ1) is 13.8. The van der Waals surface area contributed by atoms with Gasteiger partial charge in [0.05, 0.1) is 6.61 Å². The fraction of sp³-hybridized carbons (Fsp3) is 0.250. The van der Waals surface area contributed by atoms with Crippen LogP contribution in [0.15, 0.2) is 42.5 Å². The second-order valence-electron chi connectivity index (χ2n) is 5.92. The third kappa shape index (κ3) is 7.29. The Balaban J connectivity index is 1.81. The molecule has 0 unspecified atom stereocenters. The molecule has 2 N–H and O–H groups in total. The van der Waals surface area contributed by atoms with Gasteiger partial charge < -0.3 is 20.1 Å². The van der Waals surface area contributed by atoms with E-state index in [1.807, 2.05) is 6.92 Å². The van der Waals surface area contributed by atoms with Gasteiger partial charge in [-0.2, -0.15) is 0 Å². The number of ether oxygens (including phenoxy) is 2. The maximum Gasteiger partial charge on any atom is 0.326 e. The van der Waals surface area contributed by atoms with Gasteiger partial charge in [-0.15, -0.1) is 0 Å². The number of halogens is 2. The lowest BCUT2D eigenvalue weighted by Gasteiger charge is -2.14. The zero-order valence-corrected chi connectivity index (χ0v) is 17.3. The Morgan fingerprint density at radius 2 is 1.66 bits per heavy atom. The van der Waals surface area contributed by atoms with Crippen LogP contribution in [-0.4, -0.2) is 37.0 Å². The molecule has 2 rings (SSSR count). The Morgan fingerprint density at radius 3 is 2.24 bits per heavy atom. The van der Waals surface area contributed by atoms with Crippen LogP contribution in [0.25, 0.3) is 0 Å². The third-order valence-corrected chi connectivity index (χ3v) is 4.06. The smallest absolute Gasteiger partial charge is 0.326 e. The van der Waals surface area contributed by atoms with E-state index in [4.69, 9.17) is 32.7 Å². The second kappa shape index (κ2) is 10.7. The molecule has 0 aliphatic heterocycles. The molecule has 0 saturated carbocycles. The van der Waals surface area contributed by atoms with E-state index in [9.17, 15) is 14.4 Å². The molecular formula is C20H20Cl2N2O5. The summed E-state index contributed by atoms with van der Waals surface area (Å²) >= 11 is 11.7. The van der Waals surface area contributed by atoms with Gasteiger partial charge in [0, 0.05) is 21.3 Å². The zero-order valence-electron chi connectivity index (χ0n) is 15.8. The third-order valence-electron chi connectivity index (χ3n) is 3.63. The summed E-state index contributed by atoms with van der Waals surface area (Å²) < 4.78 is 10.3. The van der Waals surface area contributed by atoms with Crippen molar-refractivity contribution >= 4 is 46.7 Å². The van der Waals surface area contributed by atoms with Gasteiger partial charge in [0.15, 0.2) is 6.10 Å². The van der Waals surface area contributed by atoms with E-state index in [0.29, 0.717) is 33.7 Å². The first-order valence-electron chi connectivity index (χ1n) is 8.76. The molecule has 0 bridgehead atoms. The van der Waals surface area contributed by atoms with Crippen LogP contribution in [0, 0.1) is 0 Å². The lowest BCUT2D eigenvalue weighted by atomic mass is 10.2. The number of hydrogen-bond donors (Lipinski definition) is 2. The number of carbonyl (C=O) groups is 3. The lowest BCUT2D eigenvalue weighted by Crippen LogP contribution is -2.35. The fourth-order valence-electron chi connectivity index (χ4n) is 2.29. The molecule has 2 aromatic carbocycles. The highest BCUT2D eigenvalue weighted by Crippen LogP contribution is 2.22. The molecule has 0 aliphatic carbocycles. The second-order valence-corrected chi connectivity index (χ2v) is 6.79. The van der Waals surface area contributed by atoms with Gasteiger partial charge in [-0.05, 0) is 56.3 Å². The van der Waals surface area contributed by atoms with Crippen LogP contribution in [0.2, 0.25) is 10.0 Å². The summed E-state index contributed by atoms with van der Waals surface area (Å²) in [6.45, 7) is 3.41. The van der Waals surface area contributed by atoms with Crippen molar-refractivity contribution in [2.24, 2.45) is 0 Å². The summed E-state index contributed by atoms with van der Waals surface area (Å²) in [7, 11) is 0.